The zero-order valence-corrected chi connectivity index (χ0v) is 20.2. The summed E-state index contributed by atoms with van der Waals surface area (Å²) in [5.74, 6) is 2.30. The Kier molecular flexibility index (Phi) is 7.87. The average molecular weight is 464 g/mol. The van der Waals surface area contributed by atoms with Crippen LogP contribution in [-0.2, 0) is 9.53 Å². The number of allylic oxidation sites excluding steroid dienone is 4. The molecule has 0 aliphatic heterocycles. The van der Waals surface area contributed by atoms with Crippen LogP contribution in [0, 0.1) is 23.2 Å². The van der Waals surface area contributed by atoms with Crippen molar-refractivity contribution in [1.82, 2.24) is 0 Å². The van der Waals surface area contributed by atoms with Gasteiger partial charge >= 0.3 is 5.97 Å². The summed E-state index contributed by atoms with van der Waals surface area (Å²) in [6.07, 6.45) is 16.7. The number of rotatable bonds is 6. The summed E-state index contributed by atoms with van der Waals surface area (Å²) in [4.78, 5) is 11.6. The highest BCUT2D eigenvalue weighted by atomic mass is 79.9. The van der Waals surface area contributed by atoms with Crippen molar-refractivity contribution in [2.45, 2.75) is 91.1 Å². The molecule has 0 aromatic rings. The Morgan fingerprint density at radius 1 is 1.31 bits per heavy atom. The van der Waals surface area contributed by atoms with Crippen LogP contribution in [0.5, 0.6) is 0 Å². The van der Waals surface area contributed by atoms with Crippen LogP contribution in [0.25, 0.3) is 0 Å². The van der Waals surface area contributed by atoms with Gasteiger partial charge in [-0.3, -0.25) is 4.79 Å². The molecular formula is C26H39BrO2. The second kappa shape index (κ2) is 9.98. The van der Waals surface area contributed by atoms with Crippen LogP contribution in [0.4, 0.5) is 0 Å². The summed E-state index contributed by atoms with van der Waals surface area (Å²) in [5.41, 5.74) is 4.63. The fourth-order valence-electron chi connectivity index (χ4n) is 6.57. The van der Waals surface area contributed by atoms with Crippen molar-refractivity contribution in [3.63, 3.8) is 0 Å². The van der Waals surface area contributed by atoms with Gasteiger partial charge in [-0.15, -0.1) is 0 Å². The number of alkyl halides is 1. The van der Waals surface area contributed by atoms with Crippen LogP contribution < -0.4 is 0 Å². The van der Waals surface area contributed by atoms with E-state index in [9.17, 15) is 4.79 Å². The average Bonchev–Trinajstić information content (AvgIpc) is 3.06. The zero-order chi connectivity index (χ0) is 21.0. The summed E-state index contributed by atoms with van der Waals surface area (Å²) < 4.78 is 5.57. The molecular weight excluding hydrogens is 424 g/mol. The SMILES string of the molecule is C=C1CC[C@H](OC(=O)CBr)C/C1=C/C=C1\CCC[C@@]2(C)C1CC[C@@H]2[C@H](C)CCC. The number of fused-ring (bicyclic) bond motifs is 1. The maximum absolute atomic E-state index is 11.6. The molecule has 29 heavy (non-hydrogen) atoms. The normalized spacial score (nSPS) is 36.3. The van der Waals surface area contributed by atoms with Crippen molar-refractivity contribution in [3.8, 4) is 0 Å². The molecule has 3 aliphatic rings. The van der Waals surface area contributed by atoms with Crippen LogP contribution >= 0.6 is 15.9 Å². The van der Waals surface area contributed by atoms with Gasteiger partial charge in [-0.2, -0.15) is 0 Å². The number of hydrogen-bond acceptors (Lipinski definition) is 2. The van der Waals surface area contributed by atoms with Gasteiger partial charge in [0.25, 0.3) is 0 Å². The Hall–Kier alpha value is -0.830. The maximum Gasteiger partial charge on any atom is 0.316 e. The second-order valence-corrected chi connectivity index (χ2v) is 10.4. The smallest absolute Gasteiger partial charge is 0.316 e. The first-order valence-corrected chi connectivity index (χ1v) is 12.8. The van der Waals surface area contributed by atoms with Gasteiger partial charge in [0.1, 0.15) is 11.4 Å². The molecule has 3 heteroatoms. The lowest BCUT2D eigenvalue weighted by Gasteiger charge is -2.44. The Morgan fingerprint density at radius 3 is 2.83 bits per heavy atom. The minimum Gasteiger partial charge on any atom is -0.461 e. The van der Waals surface area contributed by atoms with Crippen LogP contribution in [0.3, 0.4) is 0 Å². The molecule has 3 aliphatic carbocycles. The summed E-state index contributed by atoms with van der Waals surface area (Å²) in [6, 6.07) is 0. The predicted octanol–water partition coefficient (Wildman–Crippen LogP) is 7.54. The van der Waals surface area contributed by atoms with Crippen LogP contribution in [0.2, 0.25) is 0 Å². The minimum atomic E-state index is -0.165. The molecule has 162 valence electrons. The van der Waals surface area contributed by atoms with Gasteiger partial charge in [-0.25, -0.2) is 0 Å². The summed E-state index contributed by atoms with van der Waals surface area (Å²) >= 11 is 3.19. The lowest BCUT2D eigenvalue weighted by atomic mass is 9.61. The fourth-order valence-corrected chi connectivity index (χ4v) is 6.70. The highest BCUT2D eigenvalue weighted by Gasteiger charge is 2.50. The highest BCUT2D eigenvalue weighted by Crippen LogP contribution is 2.59. The number of halogens is 1. The van der Waals surface area contributed by atoms with Gasteiger partial charge in [0.05, 0.1) is 0 Å². The quantitative estimate of drug-likeness (QED) is 0.300. The largest absolute Gasteiger partial charge is 0.461 e. The standard InChI is InChI=1S/C26H39BrO2/c1-5-7-19(3)23-13-14-24-20(8-6-15-26(23,24)4)10-11-21-16-22(12-9-18(21)2)29-25(28)17-27/h10-11,19,22-24H,2,5-9,12-17H2,1,3-4H3/b20-10+,21-11-/t19-,22+,23-,24?,26-/m1/s1. The maximum atomic E-state index is 11.6. The molecule has 1 unspecified atom stereocenters. The molecule has 0 N–H and O–H groups in total. The second-order valence-electron chi connectivity index (χ2n) is 9.89. The van der Waals surface area contributed by atoms with Gasteiger partial charge < -0.3 is 4.74 Å². The van der Waals surface area contributed by atoms with E-state index >= 15 is 0 Å². The van der Waals surface area contributed by atoms with Crippen molar-refractivity contribution in [3.05, 3.63) is 35.5 Å². The Bertz CT molecular complexity index is 676. The minimum absolute atomic E-state index is 0.00224. The molecule has 2 nitrogen and oxygen atoms in total. The third kappa shape index (κ3) is 5.09. The molecule has 0 bridgehead atoms. The van der Waals surface area contributed by atoms with Crippen LogP contribution in [0.1, 0.15) is 85.0 Å². The topological polar surface area (TPSA) is 26.3 Å². The van der Waals surface area contributed by atoms with E-state index in [1.54, 1.807) is 5.57 Å². The summed E-state index contributed by atoms with van der Waals surface area (Å²) in [6.45, 7) is 11.7. The Balaban J connectivity index is 1.74. The van der Waals surface area contributed by atoms with E-state index in [1.165, 1.54) is 56.1 Å². The number of carbonyl (C=O) groups excluding carboxylic acids is 1. The first-order chi connectivity index (χ1) is 13.9. The fraction of sp³-hybridized carbons (Fsp3) is 0.731. The van der Waals surface area contributed by atoms with Crippen molar-refractivity contribution < 1.29 is 9.53 Å². The first kappa shape index (κ1) is 22.8. The molecule has 0 spiro atoms. The van der Waals surface area contributed by atoms with Gasteiger partial charge in [-0.05, 0) is 73.7 Å². The molecule has 0 aromatic carbocycles. The van der Waals surface area contributed by atoms with E-state index in [-0.39, 0.29) is 17.4 Å². The molecule has 3 rings (SSSR count). The van der Waals surface area contributed by atoms with E-state index < -0.39 is 0 Å². The van der Waals surface area contributed by atoms with E-state index in [0.717, 1.165) is 37.0 Å². The van der Waals surface area contributed by atoms with Crippen LogP contribution in [-0.4, -0.2) is 17.4 Å². The number of esters is 1. The Morgan fingerprint density at radius 2 is 2.10 bits per heavy atom. The lowest BCUT2D eigenvalue weighted by molar-refractivity contribution is -0.146. The molecule has 0 heterocycles. The highest BCUT2D eigenvalue weighted by molar-refractivity contribution is 9.09. The van der Waals surface area contributed by atoms with E-state index in [4.69, 9.17) is 4.74 Å². The molecule has 3 fully saturated rings. The molecule has 0 aromatic heterocycles. The van der Waals surface area contributed by atoms with E-state index in [1.807, 2.05) is 0 Å². The molecule has 5 atom stereocenters. The van der Waals surface area contributed by atoms with E-state index in [0.29, 0.717) is 5.41 Å². The number of hydrogen-bond donors (Lipinski definition) is 0. The zero-order valence-electron chi connectivity index (χ0n) is 18.6. The third-order valence-electron chi connectivity index (χ3n) is 8.04. The lowest BCUT2D eigenvalue weighted by Crippen LogP contribution is -2.35. The Labute approximate surface area is 186 Å². The molecule has 3 saturated carbocycles. The monoisotopic (exact) mass is 462 g/mol. The predicted molar refractivity (Wildman–Crippen MR) is 125 cm³/mol. The summed E-state index contributed by atoms with van der Waals surface area (Å²) in [7, 11) is 0. The number of ether oxygens (including phenoxy) is 1. The third-order valence-corrected chi connectivity index (χ3v) is 8.50. The first-order valence-electron chi connectivity index (χ1n) is 11.7. The van der Waals surface area contributed by atoms with Crippen molar-refractivity contribution >= 4 is 21.9 Å². The number of carbonyl (C=O) groups is 1. The van der Waals surface area contributed by atoms with Gasteiger partial charge in [0.2, 0.25) is 0 Å². The van der Waals surface area contributed by atoms with Crippen LogP contribution in [0.15, 0.2) is 35.5 Å². The van der Waals surface area contributed by atoms with E-state index in [2.05, 4.69) is 55.4 Å². The van der Waals surface area contributed by atoms with Gasteiger partial charge in [0, 0.05) is 6.42 Å². The molecule has 0 radical (unpaired) electrons. The molecule has 0 amide bonds. The molecule has 0 saturated heterocycles. The van der Waals surface area contributed by atoms with Gasteiger partial charge in [0.15, 0.2) is 0 Å². The summed E-state index contributed by atoms with van der Waals surface area (Å²) in [5, 5.41) is 0.269. The van der Waals surface area contributed by atoms with Crippen molar-refractivity contribution in [2.75, 3.05) is 5.33 Å². The van der Waals surface area contributed by atoms with Crippen molar-refractivity contribution in [1.29, 1.82) is 0 Å². The van der Waals surface area contributed by atoms with Gasteiger partial charge in [-0.1, -0.05) is 79.4 Å². The van der Waals surface area contributed by atoms with Crippen molar-refractivity contribution in [2.24, 2.45) is 23.2 Å².